The molecule has 1 aliphatic carbocycles. The molecule has 0 radical (unpaired) electrons. The first-order valence-electron chi connectivity index (χ1n) is 7.62. The molecule has 1 aromatic carbocycles. The van der Waals surface area contributed by atoms with Crippen molar-refractivity contribution in [2.45, 2.75) is 19.3 Å². The van der Waals surface area contributed by atoms with Crippen LogP contribution in [0.3, 0.4) is 0 Å². The lowest BCUT2D eigenvalue weighted by molar-refractivity contribution is -0.140. The van der Waals surface area contributed by atoms with Crippen LogP contribution in [0, 0.1) is 17.7 Å². The summed E-state index contributed by atoms with van der Waals surface area (Å²) < 4.78 is 13.1. The highest BCUT2D eigenvalue weighted by molar-refractivity contribution is 6.05. The first kappa shape index (κ1) is 15.4. The molecule has 120 valence electrons. The Kier molecular flexibility index (Phi) is 4.23. The van der Waals surface area contributed by atoms with Gasteiger partial charge in [-0.25, -0.2) is 4.39 Å². The van der Waals surface area contributed by atoms with Gasteiger partial charge in [-0.05, 0) is 31.0 Å². The molecular formula is C17H17FN2O3. The Bertz CT molecular complexity index is 660. The Morgan fingerprint density at radius 3 is 2.43 bits per heavy atom. The normalized spacial score (nSPS) is 23.1. The molecule has 3 rings (SSSR count). The monoisotopic (exact) mass is 316 g/mol. The van der Waals surface area contributed by atoms with Crippen LogP contribution in [-0.4, -0.2) is 29.2 Å². The number of anilines is 1. The summed E-state index contributed by atoms with van der Waals surface area (Å²) in [5.74, 6) is -1.74. The molecule has 0 saturated carbocycles. The number of imide groups is 1. The summed E-state index contributed by atoms with van der Waals surface area (Å²) in [5.41, 5.74) is 0.354. The molecule has 1 N–H and O–H groups in total. The zero-order valence-corrected chi connectivity index (χ0v) is 12.5. The topological polar surface area (TPSA) is 66.5 Å². The lowest BCUT2D eigenvalue weighted by Crippen LogP contribution is -2.34. The number of hydrogen-bond donors (Lipinski definition) is 1. The molecule has 1 aliphatic heterocycles. The van der Waals surface area contributed by atoms with Crippen LogP contribution in [0.2, 0.25) is 0 Å². The SMILES string of the molecule is O=C(CCN1C(=O)[C@H]2CC=CC[C@H]2C1=O)Nc1cccc(F)c1. The highest BCUT2D eigenvalue weighted by atomic mass is 19.1. The summed E-state index contributed by atoms with van der Waals surface area (Å²) in [6.45, 7) is 0.0613. The first-order valence-corrected chi connectivity index (χ1v) is 7.62. The van der Waals surface area contributed by atoms with E-state index in [9.17, 15) is 18.8 Å². The van der Waals surface area contributed by atoms with Gasteiger partial charge in [-0.3, -0.25) is 19.3 Å². The summed E-state index contributed by atoms with van der Waals surface area (Å²) in [7, 11) is 0. The second-order valence-corrected chi connectivity index (χ2v) is 5.79. The standard InChI is InChI=1S/C17H17FN2O3/c18-11-4-3-5-12(10-11)19-15(21)8-9-20-16(22)13-6-1-2-7-14(13)17(20)23/h1-5,10,13-14H,6-9H2,(H,19,21)/t13-,14+. The molecule has 1 heterocycles. The van der Waals surface area contributed by atoms with Crippen LogP contribution >= 0.6 is 0 Å². The Hall–Kier alpha value is -2.50. The number of rotatable bonds is 4. The number of fused-ring (bicyclic) bond motifs is 1. The Morgan fingerprint density at radius 2 is 1.83 bits per heavy atom. The number of nitrogens with zero attached hydrogens (tertiary/aromatic N) is 1. The summed E-state index contributed by atoms with van der Waals surface area (Å²) >= 11 is 0. The average Bonchev–Trinajstić information content (AvgIpc) is 2.77. The van der Waals surface area contributed by atoms with E-state index in [0.717, 1.165) is 0 Å². The third-order valence-electron chi connectivity index (χ3n) is 4.27. The number of carbonyl (C=O) groups is 3. The van der Waals surface area contributed by atoms with Gasteiger partial charge in [0.2, 0.25) is 17.7 Å². The van der Waals surface area contributed by atoms with Crippen molar-refractivity contribution in [3.8, 4) is 0 Å². The van der Waals surface area contributed by atoms with Crippen LogP contribution in [0.15, 0.2) is 36.4 Å². The van der Waals surface area contributed by atoms with Gasteiger partial charge < -0.3 is 5.32 Å². The maximum atomic E-state index is 13.1. The second-order valence-electron chi connectivity index (χ2n) is 5.79. The van der Waals surface area contributed by atoms with Gasteiger partial charge in [-0.15, -0.1) is 0 Å². The van der Waals surface area contributed by atoms with Gasteiger partial charge in [0.25, 0.3) is 0 Å². The summed E-state index contributed by atoms with van der Waals surface area (Å²) in [6, 6.07) is 5.57. The fraction of sp³-hybridized carbons (Fsp3) is 0.353. The number of allylic oxidation sites excluding steroid dienone is 2. The van der Waals surface area contributed by atoms with Crippen molar-refractivity contribution in [1.82, 2.24) is 4.90 Å². The van der Waals surface area contributed by atoms with Crippen molar-refractivity contribution >= 4 is 23.4 Å². The van der Waals surface area contributed by atoms with Crippen LogP contribution in [0.1, 0.15) is 19.3 Å². The fourth-order valence-corrected chi connectivity index (χ4v) is 3.09. The maximum Gasteiger partial charge on any atom is 0.233 e. The van der Waals surface area contributed by atoms with E-state index in [1.54, 1.807) is 6.07 Å². The minimum absolute atomic E-state index is 0.000855. The molecular weight excluding hydrogens is 299 g/mol. The van der Waals surface area contributed by atoms with E-state index >= 15 is 0 Å². The number of amides is 3. The molecule has 3 amide bonds. The van der Waals surface area contributed by atoms with Crippen LogP contribution in [0.5, 0.6) is 0 Å². The van der Waals surface area contributed by atoms with Gasteiger partial charge >= 0.3 is 0 Å². The van der Waals surface area contributed by atoms with E-state index in [1.807, 2.05) is 12.2 Å². The molecule has 1 saturated heterocycles. The summed E-state index contributed by atoms with van der Waals surface area (Å²) in [4.78, 5) is 37.6. The van der Waals surface area contributed by atoms with Crippen LogP contribution in [0.25, 0.3) is 0 Å². The third-order valence-corrected chi connectivity index (χ3v) is 4.27. The average molecular weight is 316 g/mol. The van der Waals surface area contributed by atoms with Crippen molar-refractivity contribution in [3.63, 3.8) is 0 Å². The highest BCUT2D eigenvalue weighted by Crippen LogP contribution is 2.34. The zero-order chi connectivity index (χ0) is 16.4. The Balaban J connectivity index is 1.57. The lowest BCUT2D eigenvalue weighted by Gasteiger charge is -2.14. The predicted octanol–water partition coefficient (Wildman–Crippen LogP) is 2.11. The second kappa shape index (κ2) is 6.32. The summed E-state index contributed by atoms with van der Waals surface area (Å²) in [6.07, 6.45) is 5.02. The van der Waals surface area contributed by atoms with Gasteiger partial charge in [0, 0.05) is 18.7 Å². The Morgan fingerprint density at radius 1 is 1.17 bits per heavy atom. The number of hydrogen-bond acceptors (Lipinski definition) is 3. The minimum atomic E-state index is -0.440. The quantitative estimate of drug-likeness (QED) is 0.683. The van der Waals surface area contributed by atoms with Gasteiger partial charge in [-0.1, -0.05) is 18.2 Å². The van der Waals surface area contributed by atoms with Gasteiger partial charge in [0.1, 0.15) is 5.82 Å². The van der Waals surface area contributed by atoms with Gasteiger partial charge in [0.05, 0.1) is 11.8 Å². The maximum absolute atomic E-state index is 13.1. The third kappa shape index (κ3) is 3.16. The van der Waals surface area contributed by atoms with Crippen molar-refractivity contribution in [2.24, 2.45) is 11.8 Å². The molecule has 23 heavy (non-hydrogen) atoms. The van der Waals surface area contributed by atoms with E-state index in [0.29, 0.717) is 18.5 Å². The minimum Gasteiger partial charge on any atom is -0.326 e. The van der Waals surface area contributed by atoms with E-state index < -0.39 is 5.82 Å². The molecule has 0 aromatic heterocycles. The number of likely N-dealkylation sites (tertiary alicyclic amines) is 1. The molecule has 0 bridgehead atoms. The number of benzene rings is 1. The highest BCUT2D eigenvalue weighted by Gasteiger charge is 2.46. The molecule has 1 aromatic rings. The number of nitrogens with one attached hydrogen (secondary N) is 1. The molecule has 0 spiro atoms. The zero-order valence-electron chi connectivity index (χ0n) is 12.5. The molecule has 0 unspecified atom stereocenters. The molecule has 5 nitrogen and oxygen atoms in total. The molecule has 1 fully saturated rings. The molecule has 6 heteroatoms. The van der Waals surface area contributed by atoms with Gasteiger partial charge in [0.15, 0.2) is 0 Å². The first-order chi connectivity index (χ1) is 11.1. The van der Waals surface area contributed by atoms with Crippen molar-refractivity contribution in [1.29, 1.82) is 0 Å². The smallest absolute Gasteiger partial charge is 0.233 e. The van der Waals surface area contributed by atoms with E-state index in [1.165, 1.54) is 23.1 Å². The Labute approximate surface area is 133 Å². The molecule has 2 aliphatic rings. The summed E-state index contributed by atoms with van der Waals surface area (Å²) in [5, 5.41) is 2.56. The van der Waals surface area contributed by atoms with Crippen LogP contribution < -0.4 is 5.32 Å². The largest absolute Gasteiger partial charge is 0.326 e. The predicted molar refractivity (Wildman–Crippen MR) is 81.7 cm³/mol. The van der Waals surface area contributed by atoms with Crippen LogP contribution in [0.4, 0.5) is 10.1 Å². The number of carbonyl (C=O) groups excluding carboxylic acids is 3. The van der Waals surface area contributed by atoms with E-state index in [2.05, 4.69) is 5.32 Å². The van der Waals surface area contributed by atoms with E-state index in [4.69, 9.17) is 0 Å². The van der Waals surface area contributed by atoms with E-state index in [-0.39, 0.29) is 42.5 Å². The van der Waals surface area contributed by atoms with Gasteiger partial charge in [-0.2, -0.15) is 0 Å². The lowest BCUT2D eigenvalue weighted by atomic mass is 9.85. The fourth-order valence-electron chi connectivity index (χ4n) is 3.09. The van der Waals surface area contributed by atoms with Crippen molar-refractivity contribution in [2.75, 3.05) is 11.9 Å². The number of halogens is 1. The van der Waals surface area contributed by atoms with Crippen molar-refractivity contribution in [3.05, 3.63) is 42.2 Å². The molecule has 2 atom stereocenters. The van der Waals surface area contributed by atoms with Crippen LogP contribution in [-0.2, 0) is 14.4 Å². The van der Waals surface area contributed by atoms with Crippen molar-refractivity contribution < 1.29 is 18.8 Å².